The molecule has 0 fully saturated rings. The first-order valence-corrected chi connectivity index (χ1v) is 8.41. The van der Waals surface area contributed by atoms with E-state index in [0.29, 0.717) is 18.7 Å². The molecule has 2 aromatic rings. The van der Waals surface area contributed by atoms with E-state index in [4.69, 9.17) is 10.5 Å². The molecule has 0 atom stereocenters. The van der Waals surface area contributed by atoms with Crippen molar-refractivity contribution in [1.29, 1.82) is 0 Å². The molecule has 0 aliphatic heterocycles. The van der Waals surface area contributed by atoms with Gasteiger partial charge in [0.05, 0.1) is 0 Å². The third kappa shape index (κ3) is 4.83. The quantitative estimate of drug-likeness (QED) is 0.780. The molecule has 0 radical (unpaired) electrons. The summed E-state index contributed by atoms with van der Waals surface area (Å²) in [6.07, 6.45) is 1.64. The summed E-state index contributed by atoms with van der Waals surface area (Å²) in [7, 11) is 0. The summed E-state index contributed by atoms with van der Waals surface area (Å²) in [4.78, 5) is 12.5. The molecule has 0 aliphatic rings. The molecule has 2 aromatic carbocycles. The van der Waals surface area contributed by atoms with E-state index in [2.05, 4.69) is 5.32 Å². The Balaban J connectivity index is 2.03. The second-order valence-electron chi connectivity index (χ2n) is 6.01. The number of nitrogens with one attached hydrogen (secondary N) is 1. The fraction of sp³-hybridized carbons (Fsp3) is 0.350. The smallest absolute Gasteiger partial charge is 0.251 e. The number of hydrogen-bond acceptors (Lipinski definition) is 3. The van der Waals surface area contributed by atoms with Gasteiger partial charge in [0.25, 0.3) is 5.91 Å². The van der Waals surface area contributed by atoms with Crippen molar-refractivity contribution in [3.05, 3.63) is 65.7 Å². The Hall–Kier alpha value is -2.33. The zero-order chi connectivity index (χ0) is 17.4. The van der Waals surface area contributed by atoms with Gasteiger partial charge in [-0.1, -0.05) is 50.2 Å². The molecule has 128 valence electrons. The number of para-hydroxylation sites is 1. The molecule has 0 heterocycles. The van der Waals surface area contributed by atoms with Gasteiger partial charge in [0, 0.05) is 23.2 Å². The number of nitrogens with two attached hydrogens (primary N) is 1. The van der Waals surface area contributed by atoms with E-state index in [-0.39, 0.29) is 11.4 Å². The molecule has 0 bridgehead atoms. The van der Waals surface area contributed by atoms with Crippen LogP contribution in [-0.2, 0) is 6.61 Å². The van der Waals surface area contributed by atoms with Crippen LogP contribution in [-0.4, -0.2) is 18.0 Å². The van der Waals surface area contributed by atoms with E-state index >= 15 is 0 Å². The lowest BCUT2D eigenvalue weighted by Gasteiger charge is -2.27. The van der Waals surface area contributed by atoms with Gasteiger partial charge < -0.3 is 15.8 Å². The maximum Gasteiger partial charge on any atom is 0.251 e. The lowest BCUT2D eigenvalue weighted by Crippen LogP contribution is -2.49. The first-order chi connectivity index (χ1) is 11.6. The molecule has 1 amide bonds. The van der Waals surface area contributed by atoms with E-state index < -0.39 is 0 Å². The van der Waals surface area contributed by atoms with Crippen LogP contribution in [0.1, 0.15) is 42.6 Å². The van der Waals surface area contributed by atoms with Gasteiger partial charge in [-0.05, 0) is 31.0 Å². The maximum absolute atomic E-state index is 12.5. The van der Waals surface area contributed by atoms with Crippen LogP contribution in [0.5, 0.6) is 5.75 Å². The highest BCUT2D eigenvalue weighted by molar-refractivity contribution is 5.95. The van der Waals surface area contributed by atoms with Gasteiger partial charge in [-0.15, -0.1) is 0 Å². The minimum atomic E-state index is -0.356. The maximum atomic E-state index is 12.5. The lowest BCUT2D eigenvalue weighted by molar-refractivity contribution is 0.0939. The summed E-state index contributed by atoms with van der Waals surface area (Å²) in [5.74, 6) is 0.671. The van der Waals surface area contributed by atoms with Gasteiger partial charge in [-0.25, -0.2) is 0 Å². The average Bonchev–Trinajstić information content (AvgIpc) is 2.65. The van der Waals surface area contributed by atoms with Crippen molar-refractivity contribution >= 4 is 5.91 Å². The second-order valence-corrected chi connectivity index (χ2v) is 6.01. The zero-order valence-corrected chi connectivity index (χ0v) is 14.4. The lowest BCUT2D eigenvalue weighted by atomic mass is 9.94. The van der Waals surface area contributed by atoms with Gasteiger partial charge in [0.2, 0.25) is 0 Å². The first kappa shape index (κ1) is 18.0. The van der Waals surface area contributed by atoms with Crippen molar-refractivity contribution in [3.8, 4) is 5.75 Å². The zero-order valence-electron chi connectivity index (χ0n) is 14.4. The molecule has 0 unspecified atom stereocenters. The molecule has 0 saturated carbocycles. The Kier molecular flexibility index (Phi) is 6.38. The highest BCUT2D eigenvalue weighted by atomic mass is 16.5. The number of rotatable bonds is 8. The van der Waals surface area contributed by atoms with Gasteiger partial charge in [0.1, 0.15) is 12.4 Å². The molecular weight excluding hydrogens is 300 g/mol. The third-order valence-corrected chi connectivity index (χ3v) is 4.41. The van der Waals surface area contributed by atoms with Gasteiger partial charge in [0.15, 0.2) is 0 Å². The molecule has 4 heteroatoms. The van der Waals surface area contributed by atoms with Crippen LogP contribution in [0.3, 0.4) is 0 Å². The fourth-order valence-electron chi connectivity index (χ4n) is 2.40. The Labute approximate surface area is 144 Å². The molecule has 0 saturated heterocycles. The van der Waals surface area contributed by atoms with Crippen molar-refractivity contribution in [2.24, 2.45) is 5.73 Å². The van der Waals surface area contributed by atoms with E-state index in [9.17, 15) is 4.79 Å². The van der Waals surface area contributed by atoms with Crippen LogP contribution >= 0.6 is 0 Å². The molecule has 0 spiro atoms. The molecular formula is C20H26N2O2. The Morgan fingerprint density at radius 3 is 2.33 bits per heavy atom. The second kappa shape index (κ2) is 8.50. The van der Waals surface area contributed by atoms with Gasteiger partial charge in [-0.3, -0.25) is 4.79 Å². The number of ether oxygens (including phenoxy) is 1. The number of benzene rings is 2. The van der Waals surface area contributed by atoms with E-state index in [1.54, 1.807) is 0 Å². The van der Waals surface area contributed by atoms with Crippen molar-refractivity contribution in [2.75, 3.05) is 6.54 Å². The van der Waals surface area contributed by atoms with Crippen LogP contribution in [0.25, 0.3) is 0 Å². The van der Waals surface area contributed by atoms with Crippen LogP contribution in [0.4, 0.5) is 0 Å². The van der Waals surface area contributed by atoms with Gasteiger partial charge >= 0.3 is 0 Å². The molecule has 0 aromatic heterocycles. The molecule has 2 rings (SSSR count). The standard InChI is InChI=1S/C20H26N2O2/c1-3-20(21,4-2)15-22-19(23)18-13-9-8-10-16(18)14-24-17-11-6-5-7-12-17/h5-13H,3-4,14-15,21H2,1-2H3,(H,22,23). The van der Waals surface area contributed by atoms with Gasteiger partial charge in [-0.2, -0.15) is 0 Å². The normalized spacial score (nSPS) is 11.1. The third-order valence-electron chi connectivity index (χ3n) is 4.41. The highest BCUT2D eigenvalue weighted by Crippen LogP contribution is 2.15. The van der Waals surface area contributed by atoms with Crippen molar-refractivity contribution in [2.45, 2.75) is 38.8 Å². The largest absolute Gasteiger partial charge is 0.489 e. The highest BCUT2D eigenvalue weighted by Gasteiger charge is 2.21. The number of amides is 1. The Morgan fingerprint density at radius 1 is 1.04 bits per heavy atom. The fourth-order valence-corrected chi connectivity index (χ4v) is 2.40. The average molecular weight is 326 g/mol. The van der Waals surface area contributed by atoms with E-state index in [1.165, 1.54) is 0 Å². The Morgan fingerprint density at radius 2 is 1.67 bits per heavy atom. The number of carbonyl (C=O) groups is 1. The summed E-state index contributed by atoms with van der Waals surface area (Å²) in [6, 6.07) is 17.1. The molecule has 24 heavy (non-hydrogen) atoms. The predicted octanol–water partition coefficient (Wildman–Crippen LogP) is 3.51. The summed E-state index contributed by atoms with van der Waals surface area (Å²) < 4.78 is 5.77. The minimum Gasteiger partial charge on any atom is -0.489 e. The van der Waals surface area contributed by atoms with Crippen LogP contribution < -0.4 is 15.8 Å². The van der Waals surface area contributed by atoms with Crippen molar-refractivity contribution < 1.29 is 9.53 Å². The topological polar surface area (TPSA) is 64.3 Å². The van der Waals surface area contributed by atoms with E-state index in [1.807, 2.05) is 68.4 Å². The summed E-state index contributed by atoms with van der Waals surface area (Å²) in [5, 5.41) is 2.96. The Bertz CT molecular complexity index is 652. The van der Waals surface area contributed by atoms with Crippen LogP contribution in [0.15, 0.2) is 54.6 Å². The number of hydrogen-bond donors (Lipinski definition) is 2. The van der Waals surface area contributed by atoms with E-state index in [0.717, 1.165) is 24.2 Å². The number of carbonyl (C=O) groups excluding carboxylic acids is 1. The minimum absolute atomic E-state index is 0.112. The summed E-state index contributed by atoms with van der Waals surface area (Å²) >= 11 is 0. The van der Waals surface area contributed by atoms with Crippen LogP contribution in [0.2, 0.25) is 0 Å². The molecule has 3 N–H and O–H groups in total. The summed E-state index contributed by atoms with van der Waals surface area (Å²) in [6.45, 7) is 4.89. The summed E-state index contributed by atoms with van der Waals surface area (Å²) in [5.41, 5.74) is 7.38. The molecule has 0 aliphatic carbocycles. The van der Waals surface area contributed by atoms with Crippen molar-refractivity contribution in [3.63, 3.8) is 0 Å². The van der Waals surface area contributed by atoms with Crippen LogP contribution in [0, 0.1) is 0 Å². The predicted molar refractivity (Wildman–Crippen MR) is 97.0 cm³/mol. The SMILES string of the molecule is CCC(N)(CC)CNC(=O)c1ccccc1COc1ccccc1. The monoisotopic (exact) mass is 326 g/mol. The molecule has 4 nitrogen and oxygen atoms in total. The first-order valence-electron chi connectivity index (χ1n) is 8.41. The van der Waals surface area contributed by atoms with Crippen molar-refractivity contribution in [1.82, 2.24) is 5.32 Å².